The third-order valence-corrected chi connectivity index (χ3v) is 1.82. The van der Waals surface area contributed by atoms with Crippen LogP contribution >= 0.6 is 0 Å². The molecule has 9 heavy (non-hydrogen) atoms. The Bertz CT molecular complexity index is 166. The molecule has 0 heterocycles. The molecule has 1 aliphatic rings. The lowest BCUT2D eigenvalue weighted by Gasteiger charge is -2.00. The summed E-state index contributed by atoms with van der Waals surface area (Å²) in [4.78, 5) is 10.4. The molecule has 0 aliphatic heterocycles. The Balaban J connectivity index is 2.73. The quantitative estimate of drug-likeness (QED) is 0.512. The van der Waals surface area contributed by atoms with Crippen molar-refractivity contribution in [2.24, 2.45) is 11.1 Å². The van der Waals surface area contributed by atoms with Gasteiger partial charge in [0.25, 0.3) is 0 Å². The molecule has 3 heteroatoms. The highest BCUT2D eigenvalue weighted by atomic mass is 16.4. The first kappa shape index (κ1) is 6.29. The maximum atomic E-state index is 10.4. The summed E-state index contributed by atoms with van der Waals surface area (Å²) in [5, 5.41) is 8.52. The second-order valence-corrected chi connectivity index (χ2v) is 2.36. The van der Waals surface area contributed by atoms with Crippen molar-refractivity contribution in [1.29, 1.82) is 0 Å². The fourth-order valence-electron chi connectivity index (χ4n) is 0.873. The fraction of sp³-hybridized carbons (Fsp3) is 0.500. The van der Waals surface area contributed by atoms with Crippen molar-refractivity contribution >= 4 is 5.97 Å². The summed E-state index contributed by atoms with van der Waals surface area (Å²) in [5.74, 6) is -0.856. The number of carboxylic acid groups (broad SMARTS) is 1. The van der Waals surface area contributed by atoms with Crippen LogP contribution in [0.2, 0.25) is 0 Å². The average Bonchev–Trinajstić information content (AvgIpc) is 2.43. The summed E-state index contributed by atoms with van der Waals surface area (Å²) in [7, 11) is 0. The molecule has 50 valence electrons. The van der Waals surface area contributed by atoms with Crippen LogP contribution < -0.4 is 5.73 Å². The van der Waals surface area contributed by atoms with Crippen LogP contribution in [-0.2, 0) is 4.79 Å². The molecule has 0 aromatic rings. The first-order valence-corrected chi connectivity index (χ1v) is 2.76. The van der Waals surface area contributed by atoms with E-state index in [-0.39, 0.29) is 6.04 Å². The van der Waals surface area contributed by atoms with Crippen LogP contribution in [0.1, 0.15) is 6.42 Å². The van der Waals surface area contributed by atoms with Crippen LogP contribution in [0.25, 0.3) is 0 Å². The summed E-state index contributed by atoms with van der Waals surface area (Å²) >= 11 is 0. The second-order valence-electron chi connectivity index (χ2n) is 2.36. The number of hydrogen-bond donors (Lipinski definition) is 2. The van der Waals surface area contributed by atoms with Crippen LogP contribution in [0.4, 0.5) is 0 Å². The van der Waals surface area contributed by atoms with E-state index in [1.807, 2.05) is 0 Å². The van der Waals surface area contributed by atoms with Gasteiger partial charge in [0, 0.05) is 6.04 Å². The molecule has 1 fully saturated rings. The summed E-state index contributed by atoms with van der Waals surface area (Å²) in [6, 6.07) is -0.215. The Morgan fingerprint density at radius 3 is 2.44 bits per heavy atom. The predicted molar refractivity (Wildman–Crippen MR) is 32.9 cm³/mol. The fourth-order valence-corrected chi connectivity index (χ4v) is 0.873. The minimum absolute atomic E-state index is 0.215. The topological polar surface area (TPSA) is 63.3 Å². The van der Waals surface area contributed by atoms with Gasteiger partial charge in [0.05, 0.1) is 0 Å². The maximum absolute atomic E-state index is 10.4. The van der Waals surface area contributed by atoms with Gasteiger partial charge in [-0.05, 0) is 6.42 Å². The minimum atomic E-state index is -0.856. The molecule has 0 aromatic heterocycles. The lowest BCUT2D eigenvalue weighted by Crippen LogP contribution is -2.20. The van der Waals surface area contributed by atoms with Crippen molar-refractivity contribution in [2.45, 2.75) is 12.5 Å². The monoisotopic (exact) mass is 127 g/mol. The Labute approximate surface area is 53.2 Å². The highest BCUT2D eigenvalue weighted by Gasteiger charge is 2.56. The summed E-state index contributed by atoms with van der Waals surface area (Å²) < 4.78 is 0. The number of hydrogen-bond acceptors (Lipinski definition) is 2. The number of rotatable bonds is 2. The van der Waals surface area contributed by atoms with Crippen LogP contribution in [0.15, 0.2) is 12.7 Å². The summed E-state index contributed by atoms with van der Waals surface area (Å²) in [5.41, 5.74) is 4.57. The van der Waals surface area contributed by atoms with E-state index in [4.69, 9.17) is 10.8 Å². The Hall–Kier alpha value is -0.830. The van der Waals surface area contributed by atoms with Crippen LogP contribution in [0.3, 0.4) is 0 Å². The molecule has 2 unspecified atom stereocenters. The van der Waals surface area contributed by atoms with E-state index in [1.165, 1.54) is 6.08 Å². The van der Waals surface area contributed by atoms with E-state index in [0.717, 1.165) is 0 Å². The van der Waals surface area contributed by atoms with E-state index in [0.29, 0.717) is 6.42 Å². The van der Waals surface area contributed by atoms with Crippen molar-refractivity contribution in [2.75, 3.05) is 0 Å². The van der Waals surface area contributed by atoms with Crippen LogP contribution in [-0.4, -0.2) is 17.1 Å². The average molecular weight is 127 g/mol. The molecule has 0 aromatic carbocycles. The second kappa shape index (κ2) is 1.57. The Kier molecular flexibility index (Phi) is 1.10. The lowest BCUT2D eigenvalue weighted by molar-refractivity contribution is -0.141. The summed E-state index contributed by atoms with van der Waals surface area (Å²) in [6.07, 6.45) is 1.95. The zero-order chi connectivity index (χ0) is 7.07. The van der Waals surface area contributed by atoms with Gasteiger partial charge in [0.15, 0.2) is 0 Å². The lowest BCUT2D eigenvalue weighted by atomic mass is 10.1. The van der Waals surface area contributed by atoms with Gasteiger partial charge in [-0.3, -0.25) is 4.79 Å². The van der Waals surface area contributed by atoms with Crippen molar-refractivity contribution in [3.05, 3.63) is 12.7 Å². The van der Waals surface area contributed by atoms with Gasteiger partial charge in [-0.2, -0.15) is 0 Å². The van der Waals surface area contributed by atoms with Crippen molar-refractivity contribution in [3.8, 4) is 0 Å². The van der Waals surface area contributed by atoms with Crippen molar-refractivity contribution in [3.63, 3.8) is 0 Å². The molecule has 0 radical (unpaired) electrons. The number of carbonyl (C=O) groups is 1. The molecule has 1 aliphatic carbocycles. The number of carboxylic acids is 1. The van der Waals surface area contributed by atoms with Crippen LogP contribution in [0, 0.1) is 5.41 Å². The van der Waals surface area contributed by atoms with E-state index < -0.39 is 11.4 Å². The van der Waals surface area contributed by atoms with Gasteiger partial charge in [-0.15, -0.1) is 6.58 Å². The molecule has 2 atom stereocenters. The van der Waals surface area contributed by atoms with E-state index in [1.54, 1.807) is 0 Å². The summed E-state index contributed by atoms with van der Waals surface area (Å²) in [6.45, 7) is 3.41. The number of nitrogens with two attached hydrogens (primary N) is 1. The van der Waals surface area contributed by atoms with Crippen LogP contribution in [0.5, 0.6) is 0 Å². The van der Waals surface area contributed by atoms with E-state index in [9.17, 15) is 4.79 Å². The highest BCUT2D eigenvalue weighted by molar-refractivity contribution is 5.82. The van der Waals surface area contributed by atoms with Gasteiger partial charge >= 0.3 is 5.97 Å². The largest absolute Gasteiger partial charge is 0.481 e. The molecule has 3 N–H and O–H groups in total. The first-order chi connectivity index (χ1) is 4.13. The standard InChI is InChI=1S/C6H9NO2/c1-2-6(5(8)9)3-4(6)7/h2,4H,1,3,7H2,(H,8,9). The molecule has 0 amide bonds. The molecule has 3 nitrogen and oxygen atoms in total. The number of aliphatic carboxylic acids is 1. The highest BCUT2D eigenvalue weighted by Crippen LogP contribution is 2.45. The smallest absolute Gasteiger partial charge is 0.315 e. The normalized spacial score (nSPS) is 39.9. The molecule has 0 spiro atoms. The molecular formula is C6H9NO2. The molecule has 1 rings (SSSR count). The maximum Gasteiger partial charge on any atom is 0.315 e. The van der Waals surface area contributed by atoms with Gasteiger partial charge in [-0.1, -0.05) is 6.08 Å². The van der Waals surface area contributed by atoms with Crippen molar-refractivity contribution in [1.82, 2.24) is 0 Å². The Morgan fingerprint density at radius 2 is 2.44 bits per heavy atom. The minimum Gasteiger partial charge on any atom is -0.481 e. The molecule has 0 bridgehead atoms. The van der Waals surface area contributed by atoms with Gasteiger partial charge in [-0.25, -0.2) is 0 Å². The Morgan fingerprint density at radius 1 is 2.00 bits per heavy atom. The third kappa shape index (κ3) is 0.650. The third-order valence-electron chi connectivity index (χ3n) is 1.82. The zero-order valence-corrected chi connectivity index (χ0v) is 5.00. The van der Waals surface area contributed by atoms with Gasteiger partial charge < -0.3 is 10.8 Å². The molecule has 0 saturated heterocycles. The van der Waals surface area contributed by atoms with Gasteiger partial charge in [0.1, 0.15) is 5.41 Å². The van der Waals surface area contributed by atoms with E-state index in [2.05, 4.69) is 6.58 Å². The van der Waals surface area contributed by atoms with E-state index >= 15 is 0 Å². The SMILES string of the molecule is C=CC1(C(=O)O)CC1N. The molecular weight excluding hydrogens is 118 g/mol. The predicted octanol–water partition coefficient (Wildman–Crippen LogP) is -0.0256. The first-order valence-electron chi connectivity index (χ1n) is 2.76. The zero-order valence-electron chi connectivity index (χ0n) is 5.00. The van der Waals surface area contributed by atoms with Gasteiger partial charge in [0.2, 0.25) is 0 Å². The molecule has 1 saturated carbocycles. The van der Waals surface area contributed by atoms with Crippen molar-refractivity contribution < 1.29 is 9.90 Å².